The number of rotatable bonds is 4. The number of anilines is 1. The summed E-state index contributed by atoms with van der Waals surface area (Å²) in [7, 11) is 0. The number of ether oxygens (including phenoxy) is 1. The average Bonchev–Trinajstić information content (AvgIpc) is 2.86. The monoisotopic (exact) mass is 455 g/mol. The van der Waals surface area contributed by atoms with Crippen LogP contribution >= 0.6 is 0 Å². The number of halogens is 1. The predicted molar refractivity (Wildman–Crippen MR) is 131 cm³/mol. The molecule has 0 aliphatic carbocycles. The molecule has 34 heavy (non-hydrogen) atoms. The number of morpholine rings is 1. The van der Waals surface area contributed by atoms with Gasteiger partial charge in [0, 0.05) is 61.6 Å². The van der Waals surface area contributed by atoms with E-state index in [9.17, 15) is 9.65 Å². The molecule has 2 aromatic heterocycles. The molecular weight excluding hydrogens is 429 g/mol. The number of aryl methyl sites for hydroxylation is 1. The summed E-state index contributed by atoms with van der Waals surface area (Å²) in [6, 6.07) is 9.35. The highest BCUT2D eigenvalue weighted by atomic mass is 19.1. The molecule has 2 saturated heterocycles. The van der Waals surface area contributed by atoms with Crippen molar-refractivity contribution < 1.29 is 9.13 Å². The summed E-state index contributed by atoms with van der Waals surface area (Å²) >= 11 is 0. The number of fused-ring (bicyclic) bond motifs is 1. The van der Waals surface area contributed by atoms with Crippen molar-refractivity contribution in [3.05, 3.63) is 77.1 Å². The maximum Gasteiger partial charge on any atom is 0.124 e. The lowest BCUT2D eigenvalue weighted by Gasteiger charge is -2.43. The van der Waals surface area contributed by atoms with Crippen molar-refractivity contribution in [2.45, 2.75) is 25.5 Å². The molecule has 172 valence electrons. The van der Waals surface area contributed by atoms with Gasteiger partial charge in [0.2, 0.25) is 0 Å². The minimum Gasteiger partial charge on any atom is -0.373 e. The Morgan fingerprint density at radius 3 is 2.88 bits per heavy atom. The van der Waals surface area contributed by atoms with Gasteiger partial charge in [-0.15, -0.1) is 0 Å². The Morgan fingerprint density at radius 1 is 1.15 bits per heavy atom. The van der Waals surface area contributed by atoms with Crippen molar-refractivity contribution >= 4 is 17.8 Å². The minimum atomic E-state index is -0.264. The van der Waals surface area contributed by atoms with Gasteiger partial charge in [0.05, 0.1) is 24.0 Å². The van der Waals surface area contributed by atoms with Gasteiger partial charge in [-0.2, -0.15) is 5.26 Å². The summed E-state index contributed by atoms with van der Waals surface area (Å²) in [4.78, 5) is 11.0. The second-order valence-electron chi connectivity index (χ2n) is 8.80. The summed E-state index contributed by atoms with van der Waals surface area (Å²) in [6.45, 7) is 5.08. The Hall–Kier alpha value is -3.60. The molecule has 5 rings (SSSR count). The molecule has 2 fully saturated rings. The molecule has 2 aliphatic rings. The Kier molecular flexibility index (Phi) is 6.35. The van der Waals surface area contributed by atoms with E-state index >= 15 is 0 Å². The summed E-state index contributed by atoms with van der Waals surface area (Å²) in [5.74, 6) is -0.264. The van der Waals surface area contributed by atoms with Crippen LogP contribution in [-0.4, -0.2) is 48.4 Å². The molecule has 2 aliphatic heterocycles. The van der Waals surface area contributed by atoms with Gasteiger partial charge in [0.25, 0.3) is 0 Å². The molecule has 0 bridgehead atoms. The Morgan fingerprint density at radius 2 is 2.03 bits per heavy atom. The molecule has 4 heterocycles. The zero-order valence-electron chi connectivity index (χ0n) is 19.0. The summed E-state index contributed by atoms with van der Waals surface area (Å²) in [6.07, 6.45) is 11.9. The van der Waals surface area contributed by atoms with E-state index in [0.717, 1.165) is 59.6 Å². The van der Waals surface area contributed by atoms with Crippen LogP contribution in [0.2, 0.25) is 0 Å². The van der Waals surface area contributed by atoms with Crippen LogP contribution in [0.5, 0.6) is 0 Å². The standard InChI is InChI=1S/C27H26FN5O/c1-18-8-22(11-23(28)9-18)24-16-31-15-21(3-2-19-10-20(12-29)14-30-13-19)27(24)33-6-4-25-26(17-33)34-7-5-32-25/h2-3,8-11,13-16,25-26,32H,4-7,17H2,1H3/b3-2+. The van der Waals surface area contributed by atoms with Crippen molar-refractivity contribution in [3.8, 4) is 17.2 Å². The van der Waals surface area contributed by atoms with E-state index in [2.05, 4.69) is 26.3 Å². The molecule has 2 atom stereocenters. The molecular formula is C27H26FN5O. The first-order chi connectivity index (χ1) is 16.6. The number of pyridine rings is 2. The lowest BCUT2D eigenvalue weighted by atomic mass is 9.95. The first kappa shape index (κ1) is 22.2. The van der Waals surface area contributed by atoms with Gasteiger partial charge in [0.1, 0.15) is 11.9 Å². The highest BCUT2D eigenvalue weighted by molar-refractivity contribution is 5.87. The highest BCUT2D eigenvalue weighted by Gasteiger charge is 2.33. The first-order valence-electron chi connectivity index (χ1n) is 11.5. The molecule has 2 unspecified atom stereocenters. The summed E-state index contributed by atoms with van der Waals surface area (Å²) in [5, 5.41) is 12.8. The predicted octanol–water partition coefficient (Wildman–Crippen LogP) is 4.20. The van der Waals surface area contributed by atoms with E-state index < -0.39 is 0 Å². The fraction of sp³-hybridized carbons (Fsp3) is 0.296. The van der Waals surface area contributed by atoms with E-state index in [1.165, 1.54) is 6.07 Å². The van der Waals surface area contributed by atoms with Gasteiger partial charge >= 0.3 is 0 Å². The third kappa shape index (κ3) is 4.69. The van der Waals surface area contributed by atoms with E-state index in [4.69, 9.17) is 4.74 Å². The second kappa shape index (κ2) is 9.72. The number of hydrogen-bond donors (Lipinski definition) is 1. The van der Waals surface area contributed by atoms with Crippen LogP contribution < -0.4 is 10.2 Å². The number of aromatic nitrogens is 2. The quantitative estimate of drug-likeness (QED) is 0.636. The third-order valence-electron chi connectivity index (χ3n) is 6.36. The molecule has 6 nitrogen and oxygen atoms in total. The van der Waals surface area contributed by atoms with Gasteiger partial charge in [-0.1, -0.05) is 18.2 Å². The van der Waals surface area contributed by atoms with Gasteiger partial charge in [-0.05, 0) is 48.2 Å². The van der Waals surface area contributed by atoms with Crippen molar-refractivity contribution in [1.82, 2.24) is 15.3 Å². The van der Waals surface area contributed by atoms with Crippen LogP contribution in [0.4, 0.5) is 10.1 Å². The average molecular weight is 456 g/mol. The van der Waals surface area contributed by atoms with E-state index in [-0.39, 0.29) is 11.9 Å². The van der Waals surface area contributed by atoms with Crippen LogP contribution in [0.3, 0.4) is 0 Å². The lowest BCUT2D eigenvalue weighted by molar-refractivity contribution is -0.00901. The topological polar surface area (TPSA) is 74.1 Å². The van der Waals surface area contributed by atoms with E-state index in [0.29, 0.717) is 18.2 Å². The first-order valence-corrected chi connectivity index (χ1v) is 11.5. The van der Waals surface area contributed by atoms with Crippen LogP contribution in [0, 0.1) is 24.1 Å². The number of benzene rings is 1. The van der Waals surface area contributed by atoms with E-state index in [1.807, 2.05) is 37.5 Å². The molecule has 1 aromatic carbocycles. The fourth-order valence-electron chi connectivity index (χ4n) is 4.82. The summed E-state index contributed by atoms with van der Waals surface area (Å²) < 4.78 is 20.4. The molecule has 3 aromatic rings. The number of nitrogens with one attached hydrogen (secondary N) is 1. The molecule has 0 amide bonds. The zero-order valence-corrected chi connectivity index (χ0v) is 19.0. The molecule has 0 spiro atoms. The Bertz CT molecular complexity index is 1250. The fourth-order valence-corrected chi connectivity index (χ4v) is 4.82. The highest BCUT2D eigenvalue weighted by Crippen LogP contribution is 2.37. The van der Waals surface area contributed by atoms with Crippen molar-refractivity contribution in [1.29, 1.82) is 5.26 Å². The molecule has 7 heteroatoms. The molecule has 0 radical (unpaired) electrons. The van der Waals surface area contributed by atoms with Crippen LogP contribution in [-0.2, 0) is 4.74 Å². The number of hydrogen-bond acceptors (Lipinski definition) is 6. The third-order valence-corrected chi connectivity index (χ3v) is 6.36. The number of nitriles is 1. The Labute approximate surface area is 198 Å². The molecule has 0 saturated carbocycles. The lowest BCUT2D eigenvalue weighted by Crippen LogP contribution is -2.58. The van der Waals surface area contributed by atoms with Crippen molar-refractivity contribution in [3.63, 3.8) is 0 Å². The van der Waals surface area contributed by atoms with Crippen LogP contribution in [0.1, 0.15) is 28.7 Å². The van der Waals surface area contributed by atoms with Gasteiger partial charge in [-0.25, -0.2) is 4.39 Å². The van der Waals surface area contributed by atoms with Gasteiger partial charge in [0.15, 0.2) is 0 Å². The van der Waals surface area contributed by atoms with Gasteiger partial charge in [-0.3, -0.25) is 9.97 Å². The second-order valence-corrected chi connectivity index (χ2v) is 8.80. The minimum absolute atomic E-state index is 0.103. The molecule has 1 N–H and O–H groups in total. The maximum atomic E-state index is 14.3. The Balaban J connectivity index is 1.58. The number of nitrogens with zero attached hydrogens (tertiary/aromatic N) is 4. The smallest absolute Gasteiger partial charge is 0.124 e. The van der Waals surface area contributed by atoms with Gasteiger partial charge < -0.3 is 15.0 Å². The maximum absolute atomic E-state index is 14.3. The normalized spacial score (nSPS) is 20.2. The van der Waals surface area contributed by atoms with Crippen molar-refractivity contribution in [2.24, 2.45) is 0 Å². The number of piperidine rings is 1. The SMILES string of the molecule is Cc1cc(F)cc(-c2cncc(/C=C/c3cncc(C#N)c3)c2N2CCC3NCCOC3C2)c1. The van der Waals surface area contributed by atoms with Crippen molar-refractivity contribution in [2.75, 3.05) is 31.1 Å². The van der Waals surface area contributed by atoms with Crippen LogP contribution in [0.15, 0.2) is 49.1 Å². The largest absolute Gasteiger partial charge is 0.373 e. The summed E-state index contributed by atoms with van der Waals surface area (Å²) in [5.41, 5.74) is 5.81. The zero-order chi connectivity index (χ0) is 23.5. The van der Waals surface area contributed by atoms with Crippen LogP contribution in [0.25, 0.3) is 23.3 Å². The van der Waals surface area contributed by atoms with E-state index in [1.54, 1.807) is 24.5 Å².